The maximum Gasteiger partial charge on any atom is 0.229 e. The number of ether oxygens (including phenoxy) is 1. The molecule has 1 atom stereocenters. The third kappa shape index (κ3) is 3.48. The molecule has 1 aromatic heterocycles. The summed E-state index contributed by atoms with van der Waals surface area (Å²) in [4.78, 5) is 17.1. The highest BCUT2D eigenvalue weighted by Gasteiger charge is 2.39. The zero-order valence-corrected chi connectivity index (χ0v) is 17.9. The maximum atomic E-state index is 13.2. The van der Waals surface area contributed by atoms with Crippen LogP contribution in [0.15, 0.2) is 69.8 Å². The van der Waals surface area contributed by atoms with Crippen LogP contribution < -0.4 is 4.74 Å². The summed E-state index contributed by atoms with van der Waals surface area (Å²) >= 11 is 1.54. The normalized spacial score (nSPS) is 19.4. The fourth-order valence-electron chi connectivity index (χ4n) is 4.39. The monoisotopic (exact) mass is 431 g/mol. The quantitative estimate of drug-likeness (QED) is 0.599. The van der Waals surface area contributed by atoms with Gasteiger partial charge in [-0.2, -0.15) is 5.26 Å². The van der Waals surface area contributed by atoms with Gasteiger partial charge in [0, 0.05) is 17.9 Å². The summed E-state index contributed by atoms with van der Waals surface area (Å²) in [7, 11) is 1.63. The van der Waals surface area contributed by atoms with E-state index in [-0.39, 0.29) is 18.2 Å². The minimum absolute atomic E-state index is 0.0191. The first-order chi connectivity index (χ1) is 15.2. The smallest absolute Gasteiger partial charge is 0.229 e. The Kier molecular flexibility index (Phi) is 5.18. The van der Waals surface area contributed by atoms with Gasteiger partial charge in [0.2, 0.25) is 5.91 Å². The van der Waals surface area contributed by atoms with Crippen molar-refractivity contribution in [3.8, 4) is 11.8 Å². The number of nitrogens with zero attached hydrogens (tertiary/aromatic N) is 3. The van der Waals surface area contributed by atoms with Crippen LogP contribution >= 0.6 is 11.8 Å². The number of hydrogen-bond acceptors (Lipinski definition) is 6. The first kappa shape index (κ1) is 19.7. The minimum Gasteiger partial charge on any atom is -0.496 e. The molecule has 0 aliphatic carbocycles. The number of allylic oxidation sites excluding steroid dienone is 1. The number of fused-ring (bicyclic) bond motifs is 2. The van der Waals surface area contributed by atoms with Crippen LogP contribution in [-0.2, 0) is 11.3 Å². The molecule has 3 aromatic rings. The van der Waals surface area contributed by atoms with Gasteiger partial charge in [0.15, 0.2) is 0 Å². The molecule has 6 nitrogen and oxygen atoms in total. The van der Waals surface area contributed by atoms with Gasteiger partial charge in [0.1, 0.15) is 11.5 Å². The summed E-state index contributed by atoms with van der Waals surface area (Å²) in [5, 5.41) is 13.0. The summed E-state index contributed by atoms with van der Waals surface area (Å²) in [6.07, 6.45) is 1.89. The van der Waals surface area contributed by atoms with E-state index in [1.54, 1.807) is 18.3 Å². The lowest BCUT2D eigenvalue weighted by Gasteiger charge is -2.41. The Labute approximate surface area is 184 Å². The van der Waals surface area contributed by atoms with Crippen LogP contribution in [0.2, 0.25) is 0 Å². The molecule has 0 unspecified atom stereocenters. The van der Waals surface area contributed by atoms with E-state index in [0.717, 1.165) is 27.1 Å². The van der Waals surface area contributed by atoms with E-state index < -0.39 is 0 Å². The van der Waals surface area contributed by atoms with Crippen molar-refractivity contribution >= 4 is 28.4 Å². The highest BCUT2D eigenvalue weighted by molar-refractivity contribution is 8.03. The van der Waals surface area contributed by atoms with Crippen molar-refractivity contribution in [2.75, 3.05) is 19.7 Å². The Hall–Kier alpha value is -3.21. The molecular weight excluding hydrogens is 410 g/mol. The molecule has 1 fully saturated rings. The summed E-state index contributed by atoms with van der Waals surface area (Å²) in [6, 6.07) is 18.2. The molecule has 0 bridgehead atoms. The fraction of sp³-hybridized carbons (Fsp3) is 0.250. The number of rotatable bonds is 4. The Morgan fingerprint density at radius 2 is 2.10 bits per heavy atom. The molecule has 156 valence electrons. The van der Waals surface area contributed by atoms with E-state index in [0.29, 0.717) is 30.4 Å². The number of carbonyl (C=O) groups excluding carboxylic acids is 1. The van der Waals surface area contributed by atoms with Gasteiger partial charge in [-0.3, -0.25) is 14.6 Å². The number of amides is 1. The standard InChI is InChI=1S/C24H21N3O3S/c1-29-21-9-8-16-5-2-3-7-18(16)23(21)19-11-22(28)27-14-26(13-17-6-4-10-30-17)15-31-24(27)20(19)12-25/h2-10,19H,11,13-15H2,1H3/t19-/m1/s1. The van der Waals surface area contributed by atoms with Gasteiger partial charge in [0.25, 0.3) is 0 Å². The van der Waals surface area contributed by atoms with Gasteiger partial charge < -0.3 is 9.15 Å². The number of carbonyl (C=O) groups is 1. The molecule has 2 aromatic carbocycles. The number of benzene rings is 2. The van der Waals surface area contributed by atoms with Crippen LogP contribution in [0.4, 0.5) is 0 Å². The molecule has 2 aliphatic heterocycles. The largest absolute Gasteiger partial charge is 0.496 e. The molecule has 3 heterocycles. The van der Waals surface area contributed by atoms with Gasteiger partial charge >= 0.3 is 0 Å². The van der Waals surface area contributed by atoms with Crippen LogP contribution in [0.25, 0.3) is 10.8 Å². The van der Waals surface area contributed by atoms with E-state index in [1.165, 1.54) is 11.8 Å². The fourth-order valence-corrected chi connectivity index (χ4v) is 5.53. The lowest BCUT2D eigenvalue weighted by molar-refractivity contribution is -0.132. The second-order valence-electron chi connectivity index (χ2n) is 7.63. The molecule has 31 heavy (non-hydrogen) atoms. The molecular formula is C24H21N3O3S. The first-order valence-electron chi connectivity index (χ1n) is 10.1. The van der Waals surface area contributed by atoms with E-state index in [4.69, 9.17) is 9.15 Å². The van der Waals surface area contributed by atoms with Crippen LogP contribution in [0.5, 0.6) is 5.75 Å². The topological polar surface area (TPSA) is 69.7 Å². The molecule has 0 radical (unpaired) electrons. The average Bonchev–Trinajstić information content (AvgIpc) is 3.31. The summed E-state index contributed by atoms with van der Waals surface area (Å²) in [5.74, 6) is 1.94. The molecule has 1 saturated heterocycles. The lowest BCUT2D eigenvalue weighted by Crippen LogP contribution is -2.46. The van der Waals surface area contributed by atoms with E-state index >= 15 is 0 Å². The highest BCUT2D eigenvalue weighted by Crippen LogP contribution is 2.46. The molecule has 1 amide bonds. The number of methoxy groups -OCH3 is 1. The Morgan fingerprint density at radius 1 is 1.23 bits per heavy atom. The van der Waals surface area contributed by atoms with Gasteiger partial charge in [-0.1, -0.05) is 42.1 Å². The van der Waals surface area contributed by atoms with E-state index in [1.807, 2.05) is 48.5 Å². The predicted octanol–water partition coefficient (Wildman–Crippen LogP) is 4.66. The second-order valence-corrected chi connectivity index (χ2v) is 8.57. The van der Waals surface area contributed by atoms with Crippen LogP contribution in [0.1, 0.15) is 23.7 Å². The minimum atomic E-state index is -0.325. The molecule has 0 N–H and O–H groups in total. The zero-order valence-electron chi connectivity index (χ0n) is 17.1. The molecule has 0 spiro atoms. The predicted molar refractivity (Wildman–Crippen MR) is 119 cm³/mol. The van der Waals surface area contributed by atoms with Crippen LogP contribution in [-0.4, -0.2) is 35.4 Å². The highest BCUT2D eigenvalue weighted by atomic mass is 32.2. The third-order valence-corrected chi connectivity index (χ3v) is 7.02. The van der Waals surface area contributed by atoms with Crippen molar-refractivity contribution in [2.45, 2.75) is 18.9 Å². The van der Waals surface area contributed by atoms with Crippen LogP contribution in [0.3, 0.4) is 0 Å². The Morgan fingerprint density at radius 3 is 2.87 bits per heavy atom. The van der Waals surface area contributed by atoms with Crippen molar-refractivity contribution in [1.82, 2.24) is 9.80 Å². The van der Waals surface area contributed by atoms with Crippen LogP contribution in [0, 0.1) is 11.3 Å². The second kappa shape index (κ2) is 8.14. The molecule has 7 heteroatoms. The lowest BCUT2D eigenvalue weighted by atomic mass is 9.83. The summed E-state index contributed by atoms with van der Waals surface area (Å²) in [6.45, 7) is 1.08. The number of hydrogen-bond donors (Lipinski definition) is 0. The average molecular weight is 432 g/mol. The van der Waals surface area contributed by atoms with E-state index in [9.17, 15) is 10.1 Å². The van der Waals surface area contributed by atoms with Crippen molar-refractivity contribution in [3.05, 3.63) is 76.7 Å². The van der Waals surface area contributed by atoms with Gasteiger partial charge in [-0.15, -0.1) is 0 Å². The summed E-state index contributed by atoms with van der Waals surface area (Å²) in [5.41, 5.74) is 1.55. The number of nitriles is 1. The van der Waals surface area contributed by atoms with Gasteiger partial charge in [-0.25, -0.2) is 0 Å². The number of thioether (sulfide) groups is 1. The Bertz CT molecular complexity index is 1210. The zero-order chi connectivity index (χ0) is 21.4. The Balaban J connectivity index is 1.55. The SMILES string of the molecule is COc1ccc2ccccc2c1[C@@H]1CC(=O)N2CN(Cc3ccco3)CSC2=C1C#N. The van der Waals surface area contributed by atoms with Crippen molar-refractivity contribution in [3.63, 3.8) is 0 Å². The van der Waals surface area contributed by atoms with Gasteiger partial charge in [0.05, 0.1) is 49.1 Å². The number of furan rings is 1. The third-order valence-electron chi connectivity index (χ3n) is 5.81. The molecule has 0 saturated carbocycles. The molecule has 5 rings (SSSR count). The van der Waals surface area contributed by atoms with E-state index in [2.05, 4.69) is 11.0 Å². The van der Waals surface area contributed by atoms with Crippen molar-refractivity contribution in [1.29, 1.82) is 5.26 Å². The summed E-state index contributed by atoms with van der Waals surface area (Å²) < 4.78 is 11.1. The first-order valence-corrected chi connectivity index (χ1v) is 11.1. The van der Waals surface area contributed by atoms with Crippen molar-refractivity contribution in [2.24, 2.45) is 0 Å². The molecule has 2 aliphatic rings. The van der Waals surface area contributed by atoms with Gasteiger partial charge in [-0.05, 0) is 29.0 Å². The van der Waals surface area contributed by atoms with Crippen molar-refractivity contribution < 1.29 is 13.9 Å². The maximum absolute atomic E-state index is 13.2.